The molecule has 0 saturated heterocycles. The molecule has 0 heterocycles. The molecule has 37 heavy (non-hydrogen) atoms. The number of ketones is 2. The number of hydrogen-bond donors (Lipinski definition) is 2. The first-order chi connectivity index (χ1) is 17.6. The molecule has 5 nitrogen and oxygen atoms in total. The van der Waals surface area contributed by atoms with Crippen molar-refractivity contribution in [3.8, 4) is 5.75 Å². The molecule has 5 heteroatoms. The zero-order valence-corrected chi connectivity index (χ0v) is 21.8. The van der Waals surface area contributed by atoms with Gasteiger partial charge in [-0.2, -0.15) is 0 Å². The van der Waals surface area contributed by atoms with Gasteiger partial charge in [-0.05, 0) is 78.5 Å². The highest BCUT2D eigenvalue weighted by Gasteiger charge is 2.68. The number of hydrogen-bond acceptors (Lipinski definition) is 5. The van der Waals surface area contributed by atoms with Crippen LogP contribution in [0.25, 0.3) is 10.8 Å². The molecule has 6 rings (SSSR count). The van der Waals surface area contributed by atoms with Crippen molar-refractivity contribution < 1.29 is 24.5 Å². The molecule has 0 bridgehead atoms. The lowest BCUT2D eigenvalue weighted by atomic mass is 9.45. The van der Waals surface area contributed by atoms with Gasteiger partial charge in [0, 0.05) is 16.7 Å². The quantitative estimate of drug-likeness (QED) is 0.614. The summed E-state index contributed by atoms with van der Waals surface area (Å²) >= 11 is 0. The molecule has 194 valence electrons. The Balaban J connectivity index is 1.26. The van der Waals surface area contributed by atoms with E-state index in [9.17, 15) is 19.8 Å². The van der Waals surface area contributed by atoms with E-state index in [-0.39, 0.29) is 47.3 Å². The number of carbonyl (C=O) groups is 2. The number of allylic oxidation sites excluding steroid dienone is 4. The smallest absolute Gasteiger partial charge is 0.202 e. The molecule has 0 amide bonds. The molecule has 0 spiro atoms. The van der Waals surface area contributed by atoms with E-state index in [4.69, 9.17) is 4.74 Å². The number of benzene rings is 2. The van der Waals surface area contributed by atoms with E-state index in [1.807, 2.05) is 55.5 Å². The van der Waals surface area contributed by atoms with E-state index in [1.54, 1.807) is 12.2 Å². The number of aliphatic hydroxyl groups excluding tert-OH is 1. The van der Waals surface area contributed by atoms with Gasteiger partial charge in [-0.1, -0.05) is 62.8 Å². The van der Waals surface area contributed by atoms with Crippen molar-refractivity contribution >= 4 is 22.3 Å². The summed E-state index contributed by atoms with van der Waals surface area (Å²) in [5.41, 5.74) is -1.56. The number of Topliss-reactive ketones (excluding diaryl/α,β-unsaturated/α-hetero) is 1. The fourth-order valence-corrected chi connectivity index (χ4v) is 8.74. The second kappa shape index (κ2) is 8.37. The van der Waals surface area contributed by atoms with Gasteiger partial charge >= 0.3 is 0 Å². The van der Waals surface area contributed by atoms with Crippen molar-refractivity contribution in [1.82, 2.24) is 0 Å². The molecule has 0 aromatic heterocycles. The van der Waals surface area contributed by atoms with Gasteiger partial charge in [0.25, 0.3) is 0 Å². The first-order valence-corrected chi connectivity index (χ1v) is 13.6. The Morgan fingerprint density at radius 2 is 1.89 bits per heavy atom. The molecule has 2 aromatic carbocycles. The normalized spacial score (nSPS) is 40.5. The second-order valence-electron chi connectivity index (χ2n) is 12.4. The number of ether oxygens (including phenoxy) is 1. The van der Waals surface area contributed by atoms with E-state index in [0.717, 1.165) is 29.2 Å². The lowest BCUT2D eigenvalue weighted by Gasteiger charge is -2.60. The van der Waals surface area contributed by atoms with E-state index in [1.165, 1.54) is 0 Å². The summed E-state index contributed by atoms with van der Waals surface area (Å²) in [5, 5.41) is 25.7. The van der Waals surface area contributed by atoms with Crippen LogP contribution >= 0.6 is 0 Å². The molecular formula is C32H36O5. The molecule has 8 atom stereocenters. The third-order valence-corrected chi connectivity index (χ3v) is 10.5. The van der Waals surface area contributed by atoms with Crippen LogP contribution in [0, 0.1) is 34.5 Å². The summed E-state index contributed by atoms with van der Waals surface area (Å²) in [5.74, 6) is 0.745. The highest BCUT2D eigenvalue weighted by Crippen LogP contribution is 2.67. The summed E-state index contributed by atoms with van der Waals surface area (Å²) < 4.78 is 5.90. The number of rotatable bonds is 4. The van der Waals surface area contributed by atoms with Crippen LogP contribution in [-0.2, 0) is 9.59 Å². The Morgan fingerprint density at radius 1 is 1.14 bits per heavy atom. The summed E-state index contributed by atoms with van der Waals surface area (Å²) in [6.45, 7) is 6.10. The molecule has 2 N–H and O–H groups in total. The topological polar surface area (TPSA) is 83.8 Å². The third kappa shape index (κ3) is 3.50. The lowest BCUT2D eigenvalue weighted by Crippen LogP contribution is -2.62. The largest absolute Gasteiger partial charge is 0.486 e. The van der Waals surface area contributed by atoms with Crippen molar-refractivity contribution in [2.45, 2.75) is 58.2 Å². The average Bonchev–Trinajstić information content (AvgIpc) is 3.14. The minimum absolute atomic E-state index is 0.0140. The predicted octanol–water partition coefficient (Wildman–Crippen LogP) is 5.04. The molecule has 4 aliphatic rings. The van der Waals surface area contributed by atoms with E-state index in [0.29, 0.717) is 18.6 Å². The molecule has 4 aliphatic carbocycles. The van der Waals surface area contributed by atoms with Crippen molar-refractivity contribution in [3.63, 3.8) is 0 Å². The minimum atomic E-state index is -1.54. The standard InChI is InChI=1S/C32H36O5/c1-19-14-24-25-11-13-32(36,28(35)18-37-23-9-8-20-6-4-5-7-21(20)15-23)31(25,3)17-27(34)29(24)30(2)12-10-22(33)16-26(19)30/h4-10,12,15-16,19,24-25,27,29,34,36H,11,13-14,17-18H2,1-3H3/t19-,24?,25?,27?,29?,30?,31?,32-/m0/s1. The van der Waals surface area contributed by atoms with Gasteiger partial charge in [-0.3, -0.25) is 9.59 Å². The van der Waals surface area contributed by atoms with Gasteiger partial charge in [0.15, 0.2) is 5.78 Å². The monoisotopic (exact) mass is 500 g/mol. The molecule has 0 radical (unpaired) electrons. The SMILES string of the molecule is C[C@H]1CC2C(C(O)CC3(C)C2CC[C@]3(O)C(=O)COc2ccc3ccccc3c2)C2(C)C=CC(=O)C=C12. The van der Waals surface area contributed by atoms with Crippen LogP contribution < -0.4 is 4.74 Å². The van der Waals surface area contributed by atoms with Crippen molar-refractivity contribution in [2.24, 2.45) is 34.5 Å². The first kappa shape index (κ1) is 24.6. The fourth-order valence-electron chi connectivity index (χ4n) is 8.74. The van der Waals surface area contributed by atoms with Gasteiger partial charge in [-0.25, -0.2) is 0 Å². The van der Waals surface area contributed by atoms with Crippen LogP contribution in [0.4, 0.5) is 0 Å². The average molecular weight is 501 g/mol. The van der Waals surface area contributed by atoms with Crippen LogP contribution in [0.1, 0.15) is 46.5 Å². The van der Waals surface area contributed by atoms with Gasteiger partial charge in [0.1, 0.15) is 18.0 Å². The van der Waals surface area contributed by atoms with E-state index in [2.05, 4.69) is 13.8 Å². The van der Waals surface area contributed by atoms with Crippen LogP contribution in [0.2, 0.25) is 0 Å². The molecule has 0 aliphatic heterocycles. The number of aliphatic hydroxyl groups is 2. The molecule has 3 fully saturated rings. The Kier molecular flexibility index (Phi) is 5.56. The fraction of sp³-hybridized carbons (Fsp3) is 0.500. The van der Waals surface area contributed by atoms with Crippen molar-refractivity contribution in [2.75, 3.05) is 6.61 Å². The Labute approximate surface area is 218 Å². The maximum atomic E-state index is 13.6. The maximum Gasteiger partial charge on any atom is 0.202 e. The number of fused-ring (bicyclic) bond motifs is 6. The molecule has 6 unspecified atom stereocenters. The summed E-state index contributed by atoms with van der Waals surface area (Å²) in [6, 6.07) is 13.7. The van der Waals surface area contributed by atoms with Gasteiger partial charge in [-0.15, -0.1) is 0 Å². The maximum absolute atomic E-state index is 13.6. The van der Waals surface area contributed by atoms with Crippen molar-refractivity contribution in [3.05, 3.63) is 66.3 Å². The van der Waals surface area contributed by atoms with E-state index < -0.39 is 17.1 Å². The first-order valence-electron chi connectivity index (χ1n) is 13.6. The second-order valence-corrected chi connectivity index (χ2v) is 12.4. The zero-order valence-electron chi connectivity index (χ0n) is 21.8. The van der Waals surface area contributed by atoms with Gasteiger partial charge in [0.2, 0.25) is 5.78 Å². The Hall–Kier alpha value is -2.76. The van der Waals surface area contributed by atoms with Crippen LogP contribution in [-0.4, -0.2) is 40.1 Å². The predicted molar refractivity (Wildman–Crippen MR) is 142 cm³/mol. The van der Waals surface area contributed by atoms with Crippen LogP contribution in [0.15, 0.2) is 66.3 Å². The third-order valence-electron chi connectivity index (χ3n) is 10.5. The van der Waals surface area contributed by atoms with E-state index >= 15 is 0 Å². The van der Waals surface area contributed by atoms with Crippen LogP contribution in [0.5, 0.6) is 5.75 Å². The molecule has 2 aromatic rings. The van der Waals surface area contributed by atoms with Crippen LogP contribution in [0.3, 0.4) is 0 Å². The summed E-state index contributed by atoms with van der Waals surface area (Å²) in [6.07, 6.45) is 7.05. The minimum Gasteiger partial charge on any atom is -0.486 e. The Morgan fingerprint density at radius 3 is 2.68 bits per heavy atom. The molecular weight excluding hydrogens is 464 g/mol. The summed E-state index contributed by atoms with van der Waals surface area (Å²) in [7, 11) is 0. The highest BCUT2D eigenvalue weighted by atomic mass is 16.5. The summed E-state index contributed by atoms with van der Waals surface area (Å²) in [4.78, 5) is 25.8. The number of carbonyl (C=O) groups excluding carboxylic acids is 2. The molecule has 3 saturated carbocycles. The Bertz CT molecular complexity index is 1340. The van der Waals surface area contributed by atoms with Gasteiger partial charge in [0.05, 0.1) is 6.10 Å². The van der Waals surface area contributed by atoms with Gasteiger partial charge < -0.3 is 14.9 Å². The lowest BCUT2D eigenvalue weighted by molar-refractivity contribution is -0.179. The highest BCUT2D eigenvalue weighted by molar-refractivity contribution is 6.01. The zero-order chi connectivity index (χ0) is 26.2. The van der Waals surface area contributed by atoms with Crippen molar-refractivity contribution in [1.29, 1.82) is 0 Å².